The van der Waals surface area contributed by atoms with Gasteiger partial charge in [0.25, 0.3) is 11.8 Å². The molecule has 0 bridgehead atoms. The number of anilines is 1. The number of esters is 1. The molecular weight excluding hydrogens is 388 g/mol. The molecule has 0 fully saturated rings. The molecule has 2 amide bonds. The number of ether oxygens (including phenoxy) is 2. The van der Waals surface area contributed by atoms with Crippen LogP contribution in [-0.2, 0) is 14.3 Å². The van der Waals surface area contributed by atoms with Crippen LogP contribution in [0, 0.1) is 0 Å². The van der Waals surface area contributed by atoms with E-state index in [0.717, 1.165) is 0 Å². The summed E-state index contributed by atoms with van der Waals surface area (Å²) in [5.74, 6) is -0.401. The van der Waals surface area contributed by atoms with Gasteiger partial charge < -0.3 is 24.5 Å². The van der Waals surface area contributed by atoms with Crippen molar-refractivity contribution >= 4 is 23.5 Å². The normalized spacial score (nSPS) is 11.2. The molecule has 1 atom stereocenters. The van der Waals surface area contributed by atoms with Crippen molar-refractivity contribution in [1.29, 1.82) is 0 Å². The van der Waals surface area contributed by atoms with Crippen LogP contribution in [0.25, 0.3) is 0 Å². The number of furan rings is 1. The highest BCUT2D eigenvalue weighted by atomic mass is 16.5. The van der Waals surface area contributed by atoms with Gasteiger partial charge in [-0.05, 0) is 55.5 Å². The van der Waals surface area contributed by atoms with E-state index < -0.39 is 23.9 Å². The minimum atomic E-state index is -1.04. The first-order valence-corrected chi connectivity index (χ1v) is 9.16. The van der Waals surface area contributed by atoms with E-state index in [1.54, 1.807) is 30.3 Å². The molecule has 0 saturated heterocycles. The Hall–Kier alpha value is -4.07. The lowest BCUT2D eigenvalue weighted by Gasteiger charge is -2.14. The van der Waals surface area contributed by atoms with Gasteiger partial charge in [0.05, 0.1) is 6.26 Å². The van der Waals surface area contributed by atoms with Crippen LogP contribution in [0.15, 0.2) is 77.4 Å². The summed E-state index contributed by atoms with van der Waals surface area (Å²) in [4.78, 5) is 35.8. The Morgan fingerprint density at radius 1 is 0.933 bits per heavy atom. The van der Waals surface area contributed by atoms with Crippen LogP contribution in [-0.4, -0.2) is 30.4 Å². The van der Waals surface area contributed by atoms with Gasteiger partial charge in [0, 0.05) is 5.69 Å². The number of hydrogen-bond donors (Lipinski definition) is 2. The second-order valence-corrected chi connectivity index (χ2v) is 6.22. The van der Waals surface area contributed by atoms with Crippen molar-refractivity contribution in [2.45, 2.75) is 13.0 Å². The summed E-state index contributed by atoms with van der Waals surface area (Å²) in [6, 6.07) is 19.1. The quantitative estimate of drug-likeness (QED) is 0.554. The molecule has 0 unspecified atom stereocenters. The van der Waals surface area contributed by atoms with Gasteiger partial charge in [0.1, 0.15) is 18.0 Å². The van der Waals surface area contributed by atoms with E-state index in [4.69, 9.17) is 13.9 Å². The smallest absolute Gasteiger partial charge is 0.326 e. The molecule has 154 valence electrons. The third kappa shape index (κ3) is 5.96. The second-order valence-electron chi connectivity index (χ2n) is 6.22. The number of para-hydroxylation sites is 1. The SMILES string of the molecule is C[C@@H](OC(=O)CNC(=O)c1ccco1)C(=O)Nc1ccc(Oc2ccccc2)cc1. The van der Waals surface area contributed by atoms with Crippen molar-refractivity contribution in [3.63, 3.8) is 0 Å². The lowest BCUT2D eigenvalue weighted by atomic mass is 10.2. The minimum absolute atomic E-state index is 0.0771. The summed E-state index contributed by atoms with van der Waals surface area (Å²) in [6.07, 6.45) is 0.304. The van der Waals surface area contributed by atoms with Crippen molar-refractivity contribution in [3.8, 4) is 11.5 Å². The van der Waals surface area contributed by atoms with Crippen LogP contribution in [0.2, 0.25) is 0 Å². The lowest BCUT2D eigenvalue weighted by molar-refractivity contribution is -0.152. The predicted molar refractivity (Wildman–Crippen MR) is 108 cm³/mol. The van der Waals surface area contributed by atoms with E-state index in [1.165, 1.54) is 19.3 Å². The summed E-state index contributed by atoms with van der Waals surface area (Å²) in [7, 11) is 0. The Balaban J connectivity index is 1.44. The third-order valence-electron chi connectivity index (χ3n) is 3.92. The van der Waals surface area contributed by atoms with Crippen LogP contribution >= 0.6 is 0 Å². The van der Waals surface area contributed by atoms with Crippen molar-refractivity contribution in [2.24, 2.45) is 0 Å². The number of nitrogens with one attached hydrogen (secondary N) is 2. The highest BCUT2D eigenvalue weighted by molar-refractivity contribution is 5.96. The van der Waals surface area contributed by atoms with E-state index >= 15 is 0 Å². The maximum absolute atomic E-state index is 12.2. The van der Waals surface area contributed by atoms with Gasteiger partial charge in [0.15, 0.2) is 11.9 Å². The summed E-state index contributed by atoms with van der Waals surface area (Å²) in [5, 5.41) is 5.00. The fourth-order valence-electron chi connectivity index (χ4n) is 2.41. The molecule has 0 aliphatic carbocycles. The van der Waals surface area contributed by atoms with Crippen molar-refractivity contribution in [1.82, 2.24) is 5.32 Å². The topological polar surface area (TPSA) is 107 Å². The highest BCUT2D eigenvalue weighted by Gasteiger charge is 2.19. The average molecular weight is 408 g/mol. The Labute approximate surface area is 172 Å². The van der Waals surface area contributed by atoms with Gasteiger partial charge in [-0.15, -0.1) is 0 Å². The number of carbonyl (C=O) groups is 3. The zero-order chi connectivity index (χ0) is 21.3. The van der Waals surface area contributed by atoms with Crippen LogP contribution in [0.4, 0.5) is 5.69 Å². The number of amides is 2. The van der Waals surface area contributed by atoms with Gasteiger partial charge in [0.2, 0.25) is 0 Å². The fourth-order valence-corrected chi connectivity index (χ4v) is 2.41. The molecule has 3 aromatic rings. The zero-order valence-corrected chi connectivity index (χ0v) is 16.2. The molecule has 2 aromatic carbocycles. The summed E-state index contributed by atoms with van der Waals surface area (Å²) in [5.41, 5.74) is 0.523. The van der Waals surface area contributed by atoms with Gasteiger partial charge in [-0.1, -0.05) is 18.2 Å². The number of hydrogen-bond acceptors (Lipinski definition) is 6. The molecule has 8 heteroatoms. The Kier molecular flexibility index (Phi) is 6.83. The van der Waals surface area contributed by atoms with E-state index in [2.05, 4.69) is 10.6 Å². The van der Waals surface area contributed by atoms with Gasteiger partial charge in [-0.25, -0.2) is 0 Å². The molecule has 3 rings (SSSR count). The van der Waals surface area contributed by atoms with Crippen molar-refractivity contribution in [2.75, 3.05) is 11.9 Å². The fraction of sp³-hybridized carbons (Fsp3) is 0.136. The van der Waals surface area contributed by atoms with Crippen molar-refractivity contribution in [3.05, 3.63) is 78.8 Å². The van der Waals surface area contributed by atoms with Gasteiger partial charge >= 0.3 is 5.97 Å². The maximum Gasteiger partial charge on any atom is 0.326 e. The van der Waals surface area contributed by atoms with E-state index in [9.17, 15) is 14.4 Å². The Morgan fingerprint density at radius 2 is 1.63 bits per heavy atom. The molecule has 30 heavy (non-hydrogen) atoms. The molecule has 1 heterocycles. The van der Waals surface area contributed by atoms with E-state index in [-0.39, 0.29) is 12.3 Å². The zero-order valence-electron chi connectivity index (χ0n) is 16.2. The lowest BCUT2D eigenvalue weighted by Crippen LogP contribution is -2.35. The highest BCUT2D eigenvalue weighted by Crippen LogP contribution is 2.22. The number of benzene rings is 2. The van der Waals surface area contributed by atoms with Crippen LogP contribution < -0.4 is 15.4 Å². The Morgan fingerprint density at radius 3 is 2.30 bits per heavy atom. The predicted octanol–water partition coefficient (Wildman–Crippen LogP) is 3.37. The van der Waals surface area contributed by atoms with Crippen LogP contribution in [0.5, 0.6) is 11.5 Å². The third-order valence-corrected chi connectivity index (χ3v) is 3.92. The van der Waals surface area contributed by atoms with E-state index in [1.807, 2.05) is 30.3 Å². The second kappa shape index (κ2) is 9.92. The van der Waals surface area contributed by atoms with Gasteiger partial charge in [-0.3, -0.25) is 14.4 Å². The molecule has 0 saturated carbocycles. The van der Waals surface area contributed by atoms with Crippen LogP contribution in [0.1, 0.15) is 17.5 Å². The Bertz CT molecular complexity index is 984. The molecule has 0 radical (unpaired) electrons. The molecule has 0 aliphatic rings. The molecule has 0 aliphatic heterocycles. The molecule has 2 N–H and O–H groups in total. The van der Waals surface area contributed by atoms with Gasteiger partial charge in [-0.2, -0.15) is 0 Å². The van der Waals surface area contributed by atoms with Crippen LogP contribution in [0.3, 0.4) is 0 Å². The minimum Gasteiger partial charge on any atom is -0.459 e. The maximum atomic E-state index is 12.2. The first-order valence-electron chi connectivity index (χ1n) is 9.16. The first kappa shape index (κ1) is 20.7. The first-order chi connectivity index (χ1) is 14.5. The monoisotopic (exact) mass is 408 g/mol. The molecule has 8 nitrogen and oxygen atoms in total. The summed E-state index contributed by atoms with van der Waals surface area (Å²) < 4.78 is 15.6. The molecule has 1 aromatic heterocycles. The number of rotatable bonds is 8. The number of carbonyl (C=O) groups excluding carboxylic acids is 3. The van der Waals surface area contributed by atoms with Crippen molar-refractivity contribution < 1.29 is 28.3 Å². The largest absolute Gasteiger partial charge is 0.459 e. The van der Waals surface area contributed by atoms with E-state index in [0.29, 0.717) is 17.2 Å². The average Bonchev–Trinajstić information content (AvgIpc) is 3.29. The summed E-state index contributed by atoms with van der Waals surface area (Å²) in [6.45, 7) is 1.05. The standard InChI is InChI=1S/C22H20N2O6/c1-15(29-20(25)14-23-22(27)19-8-5-13-28-19)21(26)24-16-9-11-18(12-10-16)30-17-6-3-2-4-7-17/h2-13,15H,14H2,1H3,(H,23,27)(H,24,26)/t15-/m1/s1. The summed E-state index contributed by atoms with van der Waals surface area (Å²) >= 11 is 0. The molecular formula is C22H20N2O6. The molecule has 0 spiro atoms.